The molecular formula is C35H41N3O4. The summed E-state index contributed by atoms with van der Waals surface area (Å²) in [4.78, 5) is 27.0. The van der Waals surface area contributed by atoms with Crippen molar-refractivity contribution in [2.24, 2.45) is 5.92 Å². The van der Waals surface area contributed by atoms with Gasteiger partial charge >= 0.3 is 0 Å². The predicted molar refractivity (Wildman–Crippen MR) is 167 cm³/mol. The first kappa shape index (κ1) is 30.8. The van der Waals surface area contributed by atoms with E-state index in [4.69, 9.17) is 0 Å². The van der Waals surface area contributed by atoms with Gasteiger partial charge in [0.05, 0.1) is 5.92 Å². The average molecular weight is 568 g/mol. The highest BCUT2D eigenvalue weighted by Gasteiger charge is 2.23. The van der Waals surface area contributed by atoms with Crippen LogP contribution in [0.4, 0.5) is 5.69 Å². The van der Waals surface area contributed by atoms with Crippen molar-refractivity contribution in [1.82, 2.24) is 11.0 Å². The first-order valence-corrected chi connectivity index (χ1v) is 14.6. The molecular weight excluding hydrogens is 526 g/mol. The van der Waals surface area contributed by atoms with Gasteiger partial charge in [0.2, 0.25) is 0 Å². The SMILES string of the molecule is CN(C)c1ccc(CCc2cc(C(=O)NO)cc(C3=CC(C(=O)NO)CC=C3CCCCCc3ccccc3)c2)cc1. The number of aryl methyl sites for hydroxylation is 3. The molecule has 1 aliphatic rings. The fraction of sp³-hybridized carbons (Fsp3) is 0.314. The number of carbonyl (C=O) groups is 2. The van der Waals surface area contributed by atoms with Crippen LogP contribution < -0.4 is 15.9 Å². The van der Waals surface area contributed by atoms with Gasteiger partial charge in [-0.05, 0) is 103 Å². The summed E-state index contributed by atoms with van der Waals surface area (Å²) in [6, 6.07) is 24.5. The molecule has 1 atom stereocenters. The monoisotopic (exact) mass is 567 g/mol. The number of hydrogen-bond donors (Lipinski definition) is 4. The van der Waals surface area contributed by atoms with Crippen LogP contribution >= 0.6 is 0 Å². The summed E-state index contributed by atoms with van der Waals surface area (Å²) in [5.74, 6) is -1.56. The molecule has 1 unspecified atom stereocenters. The van der Waals surface area contributed by atoms with Crippen molar-refractivity contribution in [2.75, 3.05) is 19.0 Å². The lowest BCUT2D eigenvalue weighted by atomic mass is 9.83. The molecule has 3 aromatic rings. The molecule has 0 heterocycles. The van der Waals surface area contributed by atoms with E-state index in [1.807, 2.05) is 26.2 Å². The Morgan fingerprint density at radius 2 is 1.48 bits per heavy atom. The maximum absolute atomic E-state index is 12.5. The minimum atomic E-state index is -0.582. The molecule has 2 amide bonds. The van der Waals surface area contributed by atoms with Gasteiger partial charge in [0.1, 0.15) is 0 Å². The average Bonchev–Trinajstić information content (AvgIpc) is 3.03. The number of nitrogens with one attached hydrogen (secondary N) is 2. The van der Waals surface area contributed by atoms with E-state index in [2.05, 4.69) is 65.6 Å². The molecule has 0 saturated carbocycles. The maximum atomic E-state index is 12.5. The van der Waals surface area contributed by atoms with E-state index in [0.717, 1.165) is 66.5 Å². The molecule has 0 aromatic heterocycles. The van der Waals surface area contributed by atoms with Crippen LogP contribution in [0, 0.1) is 5.92 Å². The number of benzene rings is 3. The summed E-state index contributed by atoms with van der Waals surface area (Å²) in [6.45, 7) is 0. The third-order valence-electron chi connectivity index (χ3n) is 7.86. The van der Waals surface area contributed by atoms with Gasteiger partial charge in [-0.25, -0.2) is 11.0 Å². The minimum Gasteiger partial charge on any atom is -0.378 e. The molecule has 3 aromatic carbocycles. The number of rotatable bonds is 13. The van der Waals surface area contributed by atoms with E-state index in [-0.39, 0.29) is 0 Å². The lowest BCUT2D eigenvalue weighted by molar-refractivity contribution is -0.131. The lowest BCUT2D eigenvalue weighted by Gasteiger charge is -2.22. The summed E-state index contributed by atoms with van der Waals surface area (Å²) < 4.78 is 0. The molecule has 0 aliphatic heterocycles. The van der Waals surface area contributed by atoms with Gasteiger partial charge in [-0.2, -0.15) is 0 Å². The molecule has 4 rings (SSSR count). The summed E-state index contributed by atoms with van der Waals surface area (Å²) in [5.41, 5.74) is 11.4. The molecule has 0 radical (unpaired) electrons. The van der Waals surface area contributed by atoms with Crippen molar-refractivity contribution in [3.63, 3.8) is 0 Å². The second-order valence-corrected chi connectivity index (χ2v) is 11.1. The van der Waals surface area contributed by atoms with Gasteiger partial charge < -0.3 is 4.90 Å². The zero-order valence-corrected chi connectivity index (χ0v) is 24.5. The van der Waals surface area contributed by atoms with Gasteiger partial charge in [0, 0.05) is 25.3 Å². The lowest BCUT2D eigenvalue weighted by Crippen LogP contribution is -2.27. The van der Waals surface area contributed by atoms with Crippen molar-refractivity contribution in [3.8, 4) is 0 Å². The van der Waals surface area contributed by atoms with Gasteiger partial charge in [0.15, 0.2) is 0 Å². The second-order valence-electron chi connectivity index (χ2n) is 11.1. The molecule has 0 fully saturated rings. The Kier molecular flexibility index (Phi) is 11.1. The summed E-state index contributed by atoms with van der Waals surface area (Å²) in [7, 11) is 4.02. The Labute approximate surface area is 248 Å². The summed E-state index contributed by atoms with van der Waals surface area (Å²) >= 11 is 0. The van der Waals surface area contributed by atoms with Crippen molar-refractivity contribution in [1.29, 1.82) is 0 Å². The number of anilines is 1. The zero-order valence-electron chi connectivity index (χ0n) is 24.5. The van der Waals surface area contributed by atoms with Gasteiger partial charge in [-0.15, -0.1) is 0 Å². The maximum Gasteiger partial charge on any atom is 0.274 e. The summed E-state index contributed by atoms with van der Waals surface area (Å²) in [5, 5.41) is 18.7. The standard InChI is InChI=1S/C35H41N3O4/c1-38(2)32-19-15-26(16-20-32)13-14-27-21-30(23-31(22-27)35(40)37-42)33-24-29(34(39)36-41)18-17-28(33)12-8-4-7-11-25-9-5-3-6-10-25/h3,5-6,9-10,15-17,19-24,29,41-42H,4,7-8,11-14,18H2,1-2H3,(H,36,39)(H,37,40). The molecule has 42 heavy (non-hydrogen) atoms. The Morgan fingerprint density at radius 1 is 0.786 bits per heavy atom. The van der Waals surface area contributed by atoms with Crippen LogP contribution in [-0.2, 0) is 24.1 Å². The largest absolute Gasteiger partial charge is 0.378 e. The first-order valence-electron chi connectivity index (χ1n) is 14.6. The van der Waals surface area contributed by atoms with Crippen molar-refractivity contribution >= 4 is 23.1 Å². The number of hydroxylamine groups is 2. The van der Waals surface area contributed by atoms with Crippen molar-refractivity contribution < 1.29 is 20.0 Å². The Balaban J connectivity index is 1.54. The van der Waals surface area contributed by atoms with E-state index in [9.17, 15) is 20.0 Å². The Bertz CT molecular complexity index is 1410. The molecule has 1 aliphatic carbocycles. The molecule has 0 spiro atoms. The smallest absolute Gasteiger partial charge is 0.274 e. The fourth-order valence-corrected chi connectivity index (χ4v) is 5.44. The van der Waals surface area contributed by atoms with Crippen LogP contribution in [-0.4, -0.2) is 36.3 Å². The summed E-state index contributed by atoms with van der Waals surface area (Å²) in [6.07, 6.45) is 11.0. The molecule has 0 bridgehead atoms. The molecule has 7 nitrogen and oxygen atoms in total. The topological polar surface area (TPSA) is 102 Å². The number of hydrogen-bond acceptors (Lipinski definition) is 5. The molecule has 0 saturated heterocycles. The number of amides is 2. The first-order chi connectivity index (χ1) is 20.4. The van der Waals surface area contributed by atoms with Crippen molar-refractivity contribution in [3.05, 3.63) is 118 Å². The van der Waals surface area contributed by atoms with Gasteiger partial charge in [0.25, 0.3) is 11.8 Å². The molecule has 7 heteroatoms. The number of allylic oxidation sites excluding steroid dienone is 3. The van der Waals surface area contributed by atoms with E-state index < -0.39 is 17.7 Å². The molecule has 220 valence electrons. The number of unbranched alkanes of at least 4 members (excludes halogenated alkanes) is 2. The Hall–Kier alpha value is -4.20. The number of carbonyl (C=O) groups excluding carboxylic acids is 2. The van der Waals surface area contributed by atoms with Crippen LogP contribution in [0.2, 0.25) is 0 Å². The predicted octanol–water partition coefficient (Wildman–Crippen LogP) is 6.30. The highest BCUT2D eigenvalue weighted by molar-refractivity contribution is 5.96. The van der Waals surface area contributed by atoms with E-state index in [0.29, 0.717) is 18.4 Å². The highest BCUT2D eigenvalue weighted by Crippen LogP contribution is 2.35. The Morgan fingerprint density at radius 3 is 2.17 bits per heavy atom. The van der Waals surface area contributed by atoms with E-state index in [1.165, 1.54) is 11.1 Å². The fourth-order valence-electron chi connectivity index (χ4n) is 5.44. The second kappa shape index (κ2) is 15.1. The quantitative estimate of drug-likeness (QED) is 0.110. The zero-order chi connectivity index (χ0) is 29.9. The highest BCUT2D eigenvalue weighted by atomic mass is 16.5. The van der Waals surface area contributed by atoms with Crippen LogP contribution in [0.5, 0.6) is 0 Å². The van der Waals surface area contributed by atoms with Gasteiger partial charge in [-0.3, -0.25) is 20.0 Å². The van der Waals surface area contributed by atoms with Crippen LogP contribution in [0.15, 0.2) is 90.5 Å². The van der Waals surface area contributed by atoms with Crippen LogP contribution in [0.1, 0.15) is 64.7 Å². The van der Waals surface area contributed by atoms with E-state index >= 15 is 0 Å². The molecule has 4 N–H and O–H groups in total. The third-order valence-corrected chi connectivity index (χ3v) is 7.86. The van der Waals surface area contributed by atoms with E-state index in [1.54, 1.807) is 23.1 Å². The van der Waals surface area contributed by atoms with Crippen molar-refractivity contribution in [2.45, 2.75) is 51.4 Å². The minimum absolute atomic E-state index is 0.352. The van der Waals surface area contributed by atoms with Crippen LogP contribution in [0.3, 0.4) is 0 Å². The van der Waals surface area contributed by atoms with Gasteiger partial charge in [-0.1, -0.05) is 67.1 Å². The third kappa shape index (κ3) is 8.41. The van der Waals surface area contributed by atoms with Crippen LogP contribution in [0.25, 0.3) is 5.57 Å². The number of nitrogens with zero attached hydrogens (tertiary/aromatic N) is 1. The normalized spacial score (nSPS) is 14.5.